The lowest BCUT2D eigenvalue weighted by molar-refractivity contribution is 0.0752. The molecule has 2 rings (SSSR count). The van der Waals surface area contributed by atoms with Crippen LogP contribution in [-0.2, 0) is 0 Å². The van der Waals surface area contributed by atoms with Gasteiger partial charge in [0.2, 0.25) is 0 Å². The molecular formula is C12H18N2OS. The first-order valence-corrected chi connectivity index (χ1v) is 6.70. The van der Waals surface area contributed by atoms with Crippen LogP contribution in [0.1, 0.15) is 43.6 Å². The predicted molar refractivity (Wildman–Crippen MR) is 65.6 cm³/mol. The third-order valence-corrected chi connectivity index (χ3v) is 3.87. The summed E-state index contributed by atoms with van der Waals surface area (Å²) in [6.45, 7) is 6.30. The van der Waals surface area contributed by atoms with Crippen LogP contribution in [-0.4, -0.2) is 28.9 Å². The minimum Gasteiger partial charge on any atom is -0.337 e. The van der Waals surface area contributed by atoms with Gasteiger partial charge in [-0.15, -0.1) is 11.3 Å². The van der Waals surface area contributed by atoms with Crippen LogP contribution in [0.25, 0.3) is 0 Å². The van der Waals surface area contributed by atoms with E-state index in [0.717, 1.165) is 25.9 Å². The van der Waals surface area contributed by atoms with Crippen molar-refractivity contribution >= 4 is 17.2 Å². The summed E-state index contributed by atoms with van der Waals surface area (Å²) in [7, 11) is 0. The Balaban J connectivity index is 2.03. The third kappa shape index (κ3) is 2.61. The van der Waals surface area contributed by atoms with Crippen molar-refractivity contribution in [2.45, 2.75) is 33.1 Å². The minimum absolute atomic E-state index is 0.0963. The highest BCUT2D eigenvalue weighted by Gasteiger charge is 2.26. The zero-order valence-corrected chi connectivity index (χ0v) is 10.7. The molecule has 0 N–H and O–H groups in total. The van der Waals surface area contributed by atoms with E-state index in [1.54, 1.807) is 5.51 Å². The van der Waals surface area contributed by atoms with Gasteiger partial charge in [0, 0.05) is 18.5 Å². The molecular weight excluding hydrogens is 220 g/mol. The average molecular weight is 238 g/mol. The number of carbonyl (C=O) groups is 1. The normalized spacial score (nSPS) is 20.5. The van der Waals surface area contributed by atoms with E-state index in [1.165, 1.54) is 17.8 Å². The Morgan fingerprint density at radius 2 is 2.25 bits per heavy atom. The molecule has 3 nitrogen and oxygen atoms in total. The quantitative estimate of drug-likeness (QED) is 0.753. The van der Waals surface area contributed by atoms with Crippen molar-refractivity contribution in [1.82, 2.24) is 9.88 Å². The number of amides is 1. The fraction of sp³-hybridized carbons (Fsp3) is 0.667. The average Bonchev–Trinajstić information content (AvgIpc) is 2.69. The molecule has 4 heteroatoms. The van der Waals surface area contributed by atoms with E-state index in [2.05, 4.69) is 18.8 Å². The SMILES string of the molecule is CC1(C)CCCN(C(=O)c2cscn2)CC1. The van der Waals surface area contributed by atoms with Gasteiger partial charge in [0.1, 0.15) is 5.69 Å². The van der Waals surface area contributed by atoms with Gasteiger partial charge in [0.25, 0.3) is 5.91 Å². The zero-order valence-electron chi connectivity index (χ0n) is 9.90. The molecule has 1 aliphatic heterocycles. The Bertz CT molecular complexity index is 359. The summed E-state index contributed by atoms with van der Waals surface area (Å²) in [5, 5.41) is 1.83. The van der Waals surface area contributed by atoms with Crippen LogP contribution in [0, 0.1) is 5.41 Å². The standard InChI is InChI=1S/C12H18N2OS/c1-12(2)4-3-6-14(7-5-12)11(15)10-8-16-9-13-10/h8-9H,3-7H2,1-2H3. The number of hydrogen-bond donors (Lipinski definition) is 0. The van der Waals surface area contributed by atoms with E-state index >= 15 is 0 Å². The number of likely N-dealkylation sites (tertiary alicyclic amines) is 1. The van der Waals surface area contributed by atoms with Crippen molar-refractivity contribution in [2.24, 2.45) is 5.41 Å². The molecule has 1 amide bonds. The topological polar surface area (TPSA) is 33.2 Å². The molecule has 0 aromatic carbocycles. The Kier molecular flexibility index (Phi) is 3.28. The van der Waals surface area contributed by atoms with Gasteiger partial charge in [-0.1, -0.05) is 13.8 Å². The minimum atomic E-state index is 0.0963. The highest BCUT2D eigenvalue weighted by molar-refractivity contribution is 7.07. The molecule has 1 aliphatic rings. The van der Waals surface area contributed by atoms with Gasteiger partial charge in [-0.25, -0.2) is 4.98 Å². The van der Waals surface area contributed by atoms with Crippen molar-refractivity contribution < 1.29 is 4.79 Å². The van der Waals surface area contributed by atoms with E-state index in [9.17, 15) is 4.79 Å². The van der Waals surface area contributed by atoms with Crippen molar-refractivity contribution in [1.29, 1.82) is 0 Å². The number of rotatable bonds is 1. The van der Waals surface area contributed by atoms with Crippen LogP contribution in [0.15, 0.2) is 10.9 Å². The fourth-order valence-electron chi connectivity index (χ4n) is 2.11. The van der Waals surface area contributed by atoms with Crippen molar-refractivity contribution in [3.8, 4) is 0 Å². The Morgan fingerprint density at radius 1 is 1.44 bits per heavy atom. The van der Waals surface area contributed by atoms with Gasteiger partial charge >= 0.3 is 0 Å². The predicted octanol–water partition coefficient (Wildman–Crippen LogP) is 2.80. The molecule has 0 atom stereocenters. The maximum Gasteiger partial charge on any atom is 0.273 e. The first kappa shape index (κ1) is 11.6. The number of hydrogen-bond acceptors (Lipinski definition) is 3. The highest BCUT2D eigenvalue weighted by atomic mass is 32.1. The lowest BCUT2D eigenvalue weighted by Crippen LogP contribution is -2.32. The van der Waals surface area contributed by atoms with Crippen molar-refractivity contribution in [2.75, 3.05) is 13.1 Å². The molecule has 2 heterocycles. The highest BCUT2D eigenvalue weighted by Crippen LogP contribution is 2.30. The van der Waals surface area contributed by atoms with Crippen LogP contribution in [0.4, 0.5) is 0 Å². The summed E-state index contributed by atoms with van der Waals surface area (Å²) in [5.41, 5.74) is 2.69. The van der Waals surface area contributed by atoms with E-state index in [1.807, 2.05) is 10.3 Å². The number of aromatic nitrogens is 1. The lowest BCUT2D eigenvalue weighted by atomic mass is 9.85. The molecule has 0 radical (unpaired) electrons. The Hall–Kier alpha value is -0.900. The number of thiazole rings is 1. The third-order valence-electron chi connectivity index (χ3n) is 3.28. The maximum absolute atomic E-state index is 12.1. The molecule has 1 fully saturated rings. The van der Waals surface area contributed by atoms with Crippen LogP contribution in [0.3, 0.4) is 0 Å². The monoisotopic (exact) mass is 238 g/mol. The summed E-state index contributed by atoms with van der Waals surface area (Å²) in [6.07, 6.45) is 3.39. The van der Waals surface area contributed by atoms with Gasteiger partial charge < -0.3 is 4.90 Å². The van der Waals surface area contributed by atoms with Crippen LogP contribution in [0.2, 0.25) is 0 Å². The summed E-state index contributed by atoms with van der Waals surface area (Å²) in [4.78, 5) is 18.1. The largest absolute Gasteiger partial charge is 0.337 e. The second kappa shape index (κ2) is 4.53. The summed E-state index contributed by atoms with van der Waals surface area (Å²) in [5.74, 6) is 0.0963. The van der Waals surface area contributed by atoms with Crippen LogP contribution in [0.5, 0.6) is 0 Å². The van der Waals surface area contributed by atoms with Gasteiger partial charge in [-0.3, -0.25) is 4.79 Å². The molecule has 1 saturated heterocycles. The summed E-state index contributed by atoms with van der Waals surface area (Å²) >= 11 is 1.48. The second-order valence-electron chi connectivity index (χ2n) is 5.18. The first-order chi connectivity index (χ1) is 7.58. The molecule has 88 valence electrons. The fourth-order valence-corrected chi connectivity index (χ4v) is 2.63. The molecule has 0 spiro atoms. The zero-order chi connectivity index (χ0) is 11.6. The van der Waals surface area contributed by atoms with Gasteiger partial charge in [-0.05, 0) is 24.7 Å². The van der Waals surface area contributed by atoms with E-state index < -0.39 is 0 Å². The second-order valence-corrected chi connectivity index (χ2v) is 5.90. The smallest absolute Gasteiger partial charge is 0.273 e. The number of carbonyl (C=O) groups excluding carboxylic acids is 1. The van der Waals surface area contributed by atoms with Gasteiger partial charge in [0.05, 0.1) is 5.51 Å². The Labute approximate surface area is 100 Å². The first-order valence-electron chi connectivity index (χ1n) is 5.76. The Morgan fingerprint density at radius 3 is 2.94 bits per heavy atom. The summed E-state index contributed by atoms with van der Waals surface area (Å²) in [6, 6.07) is 0. The van der Waals surface area contributed by atoms with Crippen molar-refractivity contribution in [3.63, 3.8) is 0 Å². The van der Waals surface area contributed by atoms with E-state index in [0.29, 0.717) is 11.1 Å². The van der Waals surface area contributed by atoms with Gasteiger partial charge in [0.15, 0.2) is 0 Å². The molecule has 0 aliphatic carbocycles. The molecule has 0 unspecified atom stereocenters. The lowest BCUT2D eigenvalue weighted by Gasteiger charge is -2.22. The van der Waals surface area contributed by atoms with Crippen LogP contribution < -0.4 is 0 Å². The number of nitrogens with zero attached hydrogens (tertiary/aromatic N) is 2. The van der Waals surface area contributed by atoms with Crippen molar-refractivity contribution in [3.05, 3.63) is 16.6 Å². The van der Waals surface area contributed by atoms with E-state index in [4.69, 9.17) is 0 Å². The van der Waals surface area contributed by atoms with E-state index in [-0.39, 0.29) is 5.91 Å². The summed E-state index contributed by atoms with van der Waals surface area (Å²) < 4.78 is 0. The maximum atomic E-state index is 12.1. The molecule has 0 saturated carbocycles. The van der Waals surface area contributed by atoms with Gasteiger partial charge in [-0.2, -0.15) is 0 Å². The molecule has 16 heavy (non-hydrogen) atoms. The molecule has 1 aromatic heterocycles. The molecule has 1 aromatic rings. The molecule has 0 bridgehead atoms. The van der Waals surface area contributed by atoms with Crippen LogP contribution >= 0.6 is 11.3 Å².